The lowest BCUT2D eigenvalue weighted by Crippen LogP contribution is -2.38. The van der Waals surface area contributed by atoms with E-state index in [0.717, 1.165) is 43.1 Å². The van der Waals surface area contributed by atoms with Crippen LogP contribution in [-0.2, 0) is 17.5 Å². The van der Waals surface area contributed by atoms with E-state index < -0.39 is 17.8 Å². The predicted octanol–water partition coefficient (Wildman–Crippen LogP) is 4.15. The van der Waals surface area contributed by atoms with Crippen LogP contribution in [0.25, 0.3) is 11.3 Å². The van der Waals surface area contributed by atoms with Gasteiger partial charge in [-0.05, 0) is 25.0 Å². The number of nitrogens with zero attached hydrogens (tertiary/aromatic N) is 2. The van der Waals surface area contributed by atoms with Gasteiger partial charge in [-0.15, -0.1) is 11.3 Å². The summed E-state index contributed by atoms with van der Waals surface area (Å²) in [7, 11) is 1.54. The molecule has 1 aliphatic rings. The van der Waals surface area contributed by atoms with Crippen LogP contribution in [0.15, 0.2) is 29.6 Å². The first kappa shape index (κ1) is 19.6. The maximum atomic E-state index is 12.7. The number of alkyl halides is 3. The highest BCUT2D eigenvalue weighted by molar-refractivity contribution is 7.09. The molecule has 1 aliphatic heterocycles. The van der Waals surface area contributed by atoms with E-state index in [1.54, 1.807) is 0 Å². The summed E-state index contributed by atoms with van der Waals surface area (Å²) in [6.45, 7) is 2.28. The van der Waals surface area contributed by atoms with Crippen molar-refractivity contribution in [2.45, 2.75) is 31.7 Å². The van der Waals surface area contributed by atoms with Crippen molar-refractivity contribution in [1.82, 2.24) is 15.2 Å². The van der Waals surface area contributed by atoms with Crippen LogP contribution in [0, 0.1) is 0 Å². The first-order valence-corrected chi connectivity index (χ1v) is 9.46. The van der Waals surface area contributed by atoms with Gasteiger partial charge in [0.15, 0.2) is 0 Å². The molecule has 146 valence electrons. The van der Waals surface area contributed by atoms with Crippen molar-refractivity contribution in [3.63, 3.8) is 0 Å². The average Bonchev–Trinajstić information content (AvgIpc) is 3.11. The molecule has 0 radical (unpaired) electrons. The molecular formula is C18H20F3N3O2S. The molecule has 0 spiro atoms. The van der Waals surface area contributed by atoms with Crippen LogP contribution in [0.5, 0.6) is 0 Å². The summed E-state index contributed by atoms with van der Waals surface area (Å²) < 4.78 is 43.2. The topological polar surface area (TPSA) is 54.5 Å². The Kier molecular flexibility index (Phi) is 6.01. The Bertz CT molecular complexity index is 769. The number of thiazole rings is 1. The zero-order valence-corrected chi connectivity index (χ0v) is 15.6. The van der Waals surface area contributed by atoms with E-state index in [0.29, 0.717) is 17.8 Å². The quantitative estimate of drug-likeness (QED) is 0.839. The number of carbonyl (C=O) groups is 1. The molecule has 1 aromatic heterocycles. The predicted molar refractivity (Wildman–Crippen MR) is 96.4 cm³/mol. The monoisotopic (exact) mass is 399 g/mol. The van der Waals surface area contributed by atoms with E-state index in [1.165, 1.54) is 30.5 Å². The van der Waals surface area contributed by atoms with Gasteiger partial charge < -0.3 is 10.1 Å². The molecule has 0 bridgehead atoms. The number of alkyl carbamates (subject to hydrolysis) is 1. The third kappa shape index (κ3) is 5.20. The molecule has 3 rings (SSSR count). The highest BCUT2D eigenvalue weighted by atomic mass is 32.1. The highest BCUT2D eigenvalue weighted by Gasteiger charge is 2.30. The molecule has 5 nitrogen and oxygen atoms in total. The van der Waals surface area contributed by atoms with Gasteiger partial charge in [-0.25, -0.2) is 9.78 Å². The number of piperidine rings is 1. The van der Waals surface area contributed by atoms with Gasteiger partial charge in [0.05, 0.1) is 17.8 Å². The van der Waals surface area contributed by atoms with Crippen molar-refractivity contribution >= 4 is 17.4 Å². The lowest BCUT2D eigenvalue weighted by Gasteiger charge is -2.30. The van der Waals surface area contributed by atoms with Crippen LogP contribution < -0.4 is 5.32 Å². The zero-order chi connectivity index (χ0) is 19.4. The van der Waals surface area contributed by atoms with Crippen molar-refractivity contribution in [3.05, 3.63) is 40.2 Å². The van der Waals surface area contributed by atoms with E-state index in [4.69, 9.17) is 4.74 Å². The number of halogens is 3. The molecule has 2 heterocycles. The summed E-state index contributed by atoms with van der Waals surface area (Å²) in [6, 6.07) is 5.05. The van der Waals surface area contributed by atoms with Crippen LogP contribution in [0.3, 0.4) is 0 Å². The number of ether oxygens (including phenoxy) is 1. The van der Waals surface area contributed by atoms with E-state index in [9.17, 15) is 18.0 Å². The third-order valence-electron chi connectivity index (χ3n) is 4.43. The van der Waals surface area contributed by atoms with Gasteiger partial charge in [0, 0.05) is 31.1 Å². The summed E-state index contributed by atoms with van der Waals surface area (Å²) in [6.07, 6.45) is -3.27. The maximum absolute atomic E-state index is 12.7. The molecule has 1 fully saturated rings. The van der Waals surface area contributed by atoms with Crippen molar-refractivity contribution in [2.75, 3.05) is 20.1 Å². The molecule has 0 aliphatic carbocycles. The number of aromatic nitrogens is 1. The minimum Gasteiger partial charge on any atom is -0.446 e. The summed E-state index contributed by atoms with van der Waals surface area (Å²) in [5, 5.41) is 5.22. The third-order valence-corrected chi connectivity index (χ3v) is 5.26. The number of benzene rings is 1. The highest BCUT2D eigenvalue weighted by Crippen LogP contribution is 2.31. The first-order valence-electron chi connectivity index (χ1n) is 8.58. The number of nitrogens with one attached hydrogen (secondary N) is 1. The average molecular weight is 399 g/mol. The lowest BCUT2D eigenvalue weighted by molar-refractivity contribution is -0.137. The Morgan fingerprint density at radius 1 is 1.30 bits per heavy atom. The Labute approximate surface area is 159 Å². The SMILES string of the molecule is CNC(=O)OC1CCN(Cc2nc(-c3ccc(C(F)(F)F)cc3)cs2)CC1. The summed E-state index contributed by atoms with van der Waals surface area (Å²) in [5.41, 5.74) is 0.688. The maximum Gasteiger partial charge on any atom is 0.416 e. The van der Waals surface area contributed by atoms with Gasteiger partial charge in [0.2, 0.25) is 0 Å². The molecule has 1 amide bonds. The van der Waals surface area contributed by atoms with Crippen molar-refractivity contribution in [1.29, 1.82) is 0 Å². The number of likely N-dealkylation sites (tertiary alicyclic amines) is 1. The molecule has 0 atom stereocenters. The Hall–Kier alpha value is -2.13. The van der Waals surface area contributed by atoms with Crippen molar-refractivity contribution < 1.29 is 22.7 Å². The van der Waals surface area contributed by atoms with Crippen LogP contribution >= 0.6 is 11.3 Å². The summed E-state index contributed by atoms with van der Waals surface area (Å²) in [4.78, 5) is 18.0. The number of amides is 1. The van der Waals surface area contributed by atoms with Crippen LogP contribution in [0.4, 0.5) is 18.0 Å². The van der Waals surface area contributed by atoms with Crippen molar-refractivity contribution in [3.8, 4) is 11.3 Å². The molecule has 1 aromatic carbocycles. The molecular weight excluding hydrogens is 379 g/mol. The molecule has 0 saturated carbocycles. The zero-order valence-electron chi connectivity index (χ0n) is 14.8. The van der Waals surface area contributed by atoms with Crippen LogP contribution in [-0.4, -0.2) is 42.2 Å². The summed E-state index contributed by atoms with van der Waals surface area (Å²) in [5.74, 6) is 0. The Balaban J connectivity index is 1.55. The van der Waals surface area contributed by atoms with Crippen LogP contribution in [0.1, 0.15) is 23.4 Å². The van der Waals surface area contributed by atoms with Gasteiger partial charge in [-0.3, -0.25) is 4.90 Å². The second-order valence-corrected chi connectivity index (χ2v) is 7.28. The largest absolute Gasteiger partial charge is 0.446 e. The molecule has 2 aromatic rings. The fraction of sp³-hybridized carbons (Fsp3) is 0.444. The smallest absolute Gasteiger partial charge is 0.416 e. The normalized spacial score (nSPS) is 16.3. The van der Waals surface area contributed by atoms with E-state index in [1.807, 2.05) is 5.38 Å². The number of carbonyl (C=O) groups excluding carboxylic acids is 1. The van der Waals surface area contributed by atoms with E-state index in [2.05, 4.69) is 15.2 Å². The molecule has 1 N–H and O–H groups in total. The summed E-state index contributed by atoms with van der Waals surface area (Å²) >= 11 is 1.49. The van der Waals surface area contributed by atoms with Gasteiger partial charge >= 0.3 is 12.3 Å². The molecule has 1 saturated heterocycles. The number of hydrogen-bond acceptors (Lipinski definition) is 5. The standard InChI is InChI=1S/C18H20F3N3O2S/c1-22-17(25)26-14-6-8-24(9-7-14)10-16-23-15(11-27-16)12-2-4-13(5-3-12)18(19,20)21/h2-5,11,14H,6-10H2,1H3,(H,22,25). The fourth-order valence-corrected chi connectivity index (χ4v) is 3.78. The van der Waals surface area contributed by atoms with Gasteiger partial charge in [0.1, 0.15) is 11.1 Å². The lowest BCUT2D eigenvalue weighted by atomic mass is 10.1. The fourth-order valence-electron chi connectivity index (χ4n) is 2.93. The molecule has 9 heteroatoms. The second-order valence-electron chi connectivity index (χ2n) is 6.33. The first-order chi connectivity index (χ1) is 12.8. The molecule has 27 heavy (non-hydrogen) atoms. The number of hydrogen-bond donors (Lipinski definition) is 1. The van der Waals surface area contributed by atoms with Gasteiger partial charge in [0.25, 0.3) is 0 Å². The van der Waals surface area contributed by atoms with Crippen LogP contribution in [0.2, 0.25) is 0 Å². The Morgan fingerprint density at radius 2 is 1.96 bits per heavy atom. The number of rotatable bonds is 4. The molecule has 0 unspecified atom stereocenters. The Morgan fingerprint density at radius 3 is 2.56 bits per heavy atom. The minimum absolute atomic E-state index is 0.0693. The minimum atomic E-state index is -4.33. The van der Waals surface area contributed by atoms with E-state index >= 15 is 0 Å². The van der Waals surface area contributed by atoms with Gasteiger partial charge in [-0.2, -0.15) is 13.2 Å². The van der Waals surface area contributed by atoms with Gasteiger partial charge in [-0.1, -0.05) is 12.1 Å². The second kappa shape index (κ2) is 8.26. The van der Waals surface area contributed by atoms with Crippen molar-refractivity contribution in [2.24, 2.45) is 0 Å². The van der Waals surface area contributed by atoms with E-state index in [-0.39, 0.29) is 6.10 Å².